The molecular weight excluding hydrogens is 380 g/mol. The molecule has 2 N–H and O–H groups in total. The lowest BCUT2D eigenvalue weighted by atomic mass is 10.2. The van der Waals surface area contributed by atoms with Crippen LogP contribution in [-0.2, 0) is 6.54 Å². The highest BCUT2D eigenvalue weighted by atomic mass is 32.1. The van der Waals surface area contributed by atoms with E-state index in [0.29, 0.717) is 23.7 Å². The van der Waals surface area contributed by atoms with E-state index in [1.807, 2.05) is 31.2 Å². The molecule has 0 radical (unpaired) electrons. The molecule has 28 heavy (non-hydrogen) atoms. The SMILES string of the molecule is Cc1ccc(NC(=O)c2nnc(C(=O)NCc3ccc4c(c3)OCO4)s2)cc1. The maximum atomic E-state index is 12.3. The number of anilines is 1. The van der Waals surface area contributed by atoms with Crippen molar-refractivity contribution < 1.29 is 19.1 Å². The van der Waals surface area contributed by atoms with Gasteiger partial charge in [0.2, 0.25) is 16.8 Å². The molecule has 1 aromatic heterocycles. The fourth-order valence-corrected chi connectivity index (χ4v) is 3.19. The maximum absolute atomic E-state index is 12.3. The summed E-state index contributed by atoms with van der Waals surface area (Å²) in [5, 5.41) is 13.4. The monoisotopic (exact) mass is 396 g/mol. The Kier molecular flexibility index (Phi) is 4.90. The highest BCUT2D eigenvalue weighted by Crippen LogP contribution is 2.32. The number of rotatable bonds is 5. The first-order valence-corrected chi connectivity index (χ1v) is 9.28. The lowest BCUT2D eigenvalue weighted by Gasteiger charge is -2.04. The molecule has 2 amide bonds. The predicted molar refractivity (Wildman–Crippen MR) is 103 cm³/mol. The first kappa shape index (κ1) is 17.9. The number of aryl methyl sites for hydroxylation is 1. The Hall–Kier alpha value is -3.46. The second kappa shape index (κ2) is 7.65. The van der Waals surface area contributed by atoms with Gasteiger partial charge in [-0.25, -0.2) is 0 Å². The van der Waals surface area contributed by atoms with Crippen LogP contribution in [0.4, 0.5) is 5.69 Å². The summed E-state index contributed by atoms with van der Waals surface area (Å²) in [6, 6.07) is 12.8. The Bertz CT molecular complexity index is 1030. The molecule has 0 unspecified atom stereocenters. The van der Waals surface area contributed by atoms with E-state index in [9.17, 15) is 9.59 Å². The lowest BCUT2D eigenvalue weighted by molar-refractivity contribution is 0.0948. The summed E-state index contributed by atoms with van der Waals surface area (Å²) in [4.78, 5) is 24.6. The van der Waals surface area contributed by atoms with Crippen LogP contribution in [0.3, 0.4) is 0 Å². The summed E-state index contributed by atoms with van der Waals surface area (Å²) < 4.78 is 10.6. The first-order chi connectivity index (χ1) is 13.6. The van der Waals surface area contributed by atoms with Gasteiger partial charge in [-0.2, -0.15) is 0 Å². The van der Waals surface area contributed by atoms with Gasteiger partial charge in [0.05, 0.1) is 0 Å². The molecule has 0 saturated carbocycles. The average Bonchev–Trinajstić information content (AvgIpc) is 3.37. The zero-order valence-corrected chi connectivity index (χ0v) is 15.7. The van der Waals surface area contributed by atoms with E-state index < -0.39 is 11.8 Å². The molecule has 2 heterocycles. The van der Waals surface area contributed by atoms with Crippen LogP contribution < -0.4 is 20.1 Å². The standard InChI is InChI=1S/C19H16N4O4S/c1-11-2-5-13(6-3-11)21-17(25)19-23-22-18(28-19)16(24)20-9-12-4-7-14-15(8-12)27-10-26-14/h2-8H,9-10H2,1H3,(H,20,24)(H,21,25). The van der Waals surface area contributed by atoms with Crippen molar-refractivity contribution in [2.45, 2.75) is 13.5 Å². The van der Waals surface area contributed by atoms with Crippen molar-refractivity contribution in [2.24, 2.45) is 0 Å². The summed E-state index contributed by atoms with van der Waals surface area (Å²) in [6.07, 6.45) is 0. The van der Waals surface area contributed by atoms with E-state index >= 15 is 0 Å². The molecule has 3 aromatic rings. The third-order valence-electron chi connectivity index (χ3n) is 4.01. The van der Waals surface area contributed by atoms with Crippen molar-refractivity contribution in [3.05, 3.63) is 63.6 Å². The average molecular weight is 396 g/mol. The number of aromatic nitrogens is 2. The number of benzene rings is 2. The number of nitrogens with zero attached hydrogens (tertiary/aromatic N) is 2. The molecule has 4 rings (SSSR count). The van der Waals surface area contributed by atoms with Crippen LogP contribution in [0.1, 0.15) is 30.7 Å². The van der Waals surface area contributed by atoms with Crippen molar-refractivity contribution in [3.8, 4) is 11.5 Å². The third kappa shape index (κ3) is 3.94. The van der Waals surface area contributed by atoms with Crippen LogP contribution >= 0.6 is 11.3 Å². The molecule has 1 aliphatic rings. The summed E-state index contributed by atoms with van der Waals surface area (Å²) in [5.74, 6) is 0.530. The van der Waals surface area contributed by atoms with Crippen molar-refractivity contribution >= 4 is 28.8 Å². The fraction of sp³-hybridized carbons (Fsp3) is 0.158. The molecule has 0 atom stereocenters. The molecule has 8 nitrogen and oxygen atoms in total. The number of ether oxygens (including phenoxy) is 2. The number of hydrogen-bond donors (Lipinski definition) is 2. The van der Waals surface area contributed by atoms with Crippen LogP contribution in [0.25, 0.3) is 0 Å². The van der Waals surface area contributed by atoms with Crippen LogP contribution in [0, 0.1) is 6.92 Å². The summed E-state index contributed by atoms with van der Waals surface area (Å²) in [5.41, 5.74) is 2.61. The van der Waals surface area contributed by atoms with Crippen LogP contribution in [-0.4, -0.2) is 28.8 Å². The zero-order chi connectivity index (χ0) is 19.5. The molecule has 0 spiro atoms. The number of hydrogen-bond acceptors (Lipinski definition) is 7. The number of nitrogens with one attached hydrogen (secondary N) is 2. The van der Waals surface area contributed by atoms with Crippen molar-refractivity contribution in [1.82, 2.24) is 15.5 Å². The minimum absolute atomic E-state index is 0.119. The number of carbonyl (C=O) groups is 2. The van der Waals surface area contributed by atoms with Gasteiger partial charge in [0.25, 0.3) is 11.8 Å². The van der Waals surface area contributed by atoms with E-state index in [1.165, 1.54) is 0 Å². The highest BCUT2D eigenvalue weighted by molar-refractivity contribution is 7.15. The van der Waals surface area contributed by atoms with Gasteiger partial charge in [0.15, 0.2) is 11.5 Å². The smallest absolute Gasteiger partial charge is 0.286 e. The quantitative estimate of drug-likeness (QED) is 0.688. The van der Waals surface area contributed by atoms with Crippen molar-refractivity contribution in [1.29, 1.82) is 0 Å². The first-order valence-electron chi connectivity index (χ1n) is 8.47. The maximum Gasteiger partial charge on any atom is 0.286 e. The Morgan fingerprint density at radius 1 is 1.00 bits per heavy atom. The normalized spacial score (nSPS) is 11.9. The fourth-order valence-electron chi connectivity index (χ4n) is 2.54. The molecule has 9 heteroatoms. The van der Waals surface area contributed by atoms with Gasteiger partial charge in [-0.15, -0.1) is 10.2 Å². The molecule has 142 valence electrons. The zero-order valence-electron chi connectivity index (χ0n) is 14.9. The largest absolute Gasteiger partial charge is 0.454 e. The molecule has 0 aliphatic carbocycles. The van der Waals surface area contributed by atoms with Gasteiger partial charge in [-0.05, 0) is 36.8 Å². The van der Waals surface area contributed by atoms with Gasteiger partial charge in [0, 0.05) is 12.2 Å². The molecule has 2 aromatic carbocycles. The second-order valence-corrected chi connectivity index (χ2v) is 7.08. The van der Waals surface area contributed by atoms with Crippen LogP contribution in [0.2, 0.25) is 0 Å². The van der Waals surface area contributed by atoms with Gasteiger partial charge < -0.3 is 20.1 Å². The second-order valence-electron chi connectivity index (χ2n) is 6.10. The van der Waals surface area contributed by atoms with E-state index in [0.717, 1.165) is 22.5 Å². The van der Waals surface area contributed by atoms with Gasteiger partial charge in [-0.3, -0.25) is 9.59 Å². The minimum Gasteiger partial charge on any atom is -0.454 e. The van der Waals surface area contributed by atoms with E-state index in [1.54, 1.807) is 18.2 Å². The van der Waals surface area contributed by atoms with E-state index in [-0.39, 0.29) is 16.8 Å². The summed E-state index contributed by atoms with van der Waals surface area (Å²) in [7, 11) is 0. The minimum atomic E-state index is -0.406. The Balaban J connectivity index is 1.36. The molecule has 0 bridgehead atoms. The molecular formula is C19H16N4O4S. The number of fused-ring (bicyclic) bond motifs is 1. The Morgan fingerprint density at radius 2 is 1.71 bits per heavy atom. The van der Waals surface area contributed by atoms with E-state index in [4.69, 9.17) is 9.47 Å². The number of carbonyl (C=O) groups excluding carboxylic acids is 2. The Morgan fingerprint density at radius 3 is 2.50 bits per heavy atom. The summed E-state index contributed by atoms with van der Waals surface area (Å²) in [6.45, 7) is 2.45. The summed E-state index contributed by atoms with van der Waals surface area (Å²) >= 11 is 0.936. The van der Waals surface area contributed by atoms with Gasteiger partial charge in [-0.1, -0.05) is 35.1 Å². The molecule has 0 saturated heterocycles. The Labute approximate surface area is 164 Å². The van der Waals surface area contributed by atoms with Crippen LogP contribution in [0.15, 0.2) is 42.5 Å². The topological polar surface area (TPSA) is 102 Å². The lowest BCUT2D eigenvalue weighted by Crippen LogP contribution is -2.22. The van der Waals surface area contributed by atoms with Crippen LogP contribution in [0.5, 0.6) is 11.5 Å². The van der Waals surface area contributed by atoms with Gasteiger partial charge >= 0.3 is 0 Å². The van der Waals surface area contributed by atoms with E-state index in [2.05, 4.69) is 20.8 Å². The number of amides is 2. The predicted octanol–water partition coefficient (Wildman–Crippen LogP) is 2.76. The van der Waals surface area contributed by atoms with Crippen molar-refractivity contribution in [3.63, 3.8) is 0 Å². The highest BCUT2D eigenvalue weighted by Gasteiger charge is 2.18. The van der Waals surface area contributed by atoms with Gasteiger partial charge in [0.1, 0.15) is 0 Å². The van der Waals surface area contributed by atoms with Crippen molar-refractivity contribution in [2.75, 3.05) is 12.1 Å². The molecule has 1 aliphatic heterocycles. The third-order valence-corrected chi connectivity index (χ3v) is 4.93. The molecule has 0 fully saturated rings.